The molecule has 152 valence electrons. The zero-order chi connectivity index (χ0) is 20.5. The van der Waals surface area contributed by atoms with Gasteiger partial charge < -0.3 is 14.4 Å². The molecule has 0 bridgehead atoms. The first kappa shape index (κ1) is 20.2. The summed E-state index contributed by atoms with van der Waals surface area (Å²) < 4.78 is 11.8. The molecular formula is C20H19Cl2N3O3S. The van der Waals surface area contributed by atoms with Gasteiger partial charge in [0.15, 0.2) is 16.6 Å². The third kappa shape index (κ3) is 4.28. The van der Waals surface area contributed by atoms with Gasteiger partial charge in [-0.15, -0.1) is 0 Å². The Kier molecular flexibility index (Phi) is 5.83. The van der Waals surface area contributed by atoms with Crippen molar-refractivity contribution in [2.45, 2.75) is 6.42 Å². The predicted molar refractivity (Wildman–Crippen MR) is 117 cm³/mol. The maximum Gasteiger partial charge on any atom is 0.261 e. The van der Waals surface area contributed by atoms with E-state index >= 15 is 0 Å². The quantitative estimate of drug-likeness (QED) is 0.531. The Morgan fingerprint density at radius 2 is 1.90 bits per heavy atom. The first-order valence-corrected chi connectivity index (χ1v) is 10.6. The van der Waals surface area contributed by atoms with E-state index in [1.807, 2.05) is 26.2 Å². The second kappa shape index (κ2) is 8.36. The number of hydrogen-bond acceptors (Lipinski definition) is 6. The maximum absolute atomic E-state index is 13.4. The number of carbonyl (C=O) groups is 1. The molecule has 0 N–H and O–H groups in total. The number of aromatic nitrogens is 1. The molecule has 1 amide bonds. The Morgan fingerprint density at radius 3 is 2.66 bits per heavy atom. The Labute approximate surface area is 182 Å². The van der Waals surface area contributed by atoms with Crippen LogP contribution < -0.4 is 14.4 Å². The fourth-order valence-electron chi connectivity index (χ4n) is 3.06. The van der Waals surface area contributed by atoms with Crippen LogP contribution in [-0.2, 0) is 0 Å². The molecule has 4 rings (SSSR count). The third-order valence-electron chi connectivity index (χ3n) is 4.49. The Balaban J connectivity index is 1.71. The third-order valence-corrected chi connectivity index (χ3v) is 6.10. The molecule has 1 aliphatic rings. The van der Waals surface area contributed by atoms with Crippen molar-refractivity contribution in [1.82, 2.24) is 9.88 Å². The van der Waals surface area contributed by atoms with Crippen molar-refractivity contribution in [3.63, 3.8) is 0 Å². The minimum atomic E-state index is -0.227. The van der Waals surface area contributed by atoms with Gasteiger partial charge in [-0.1, -0.05) is 34.5 Å². The summed E-state index contributed by atoms with van der Waals surface area (Å²) in [6.45, 7) is 1.56. The van der Waals surface area contributed by atoms with Gasteiger partial charge >= 0.3 is 0 Å². The summed E-state index contributed by atoms with van der Waals surface area (Å²) in [7, 11) is 4.00. The second-order valence-electron chi connectivity index (χ2n) is 6.91. The number of anilines is 1. The van der Waals surface area contributed by atoms with E-state index in [0.717, 1.165) is 23.2 Å². The van der Waals surface area contributed by atoms with E-state index in [2.05, 4.69) is 9.88 Å². The number of rotatable bonds is 6. The van der Waals surface area contributed by atoms with Gasteiger partial charge in [-0.3, -0.25) is 9.69 Å². The van der Waals surface area contributed by atoms with Crippen LogP contribution in [0, 0.1) is 0 Å². The van der Waals surface area contributed by atoms with Gasteiger partial charge in [0.2, 0.25) is 6.79 Å². The van der Waals surface area contributed by atoms with Crippen LogP contribution in [0.1, 0.15) is 16.8 Å². The molecule has 0 saturated carbocycles. The molecule has 0 aliphatic carbocycles. The highest BCUT2D eigenvalue weighted by molar-refractivity contribution is 7.22. The molecule has 0 atom stereocenters. The lowest BCUT2D eigenvalue weighted by Crippen LogP contribution is -2.33. The van der Waals surface area contributed by atoms with Crippen LogP contribution in [0.15, 0.2) is 30.3 Å². The summed E-state index contributed by atoms with van der Waals surface area (Å²) >= 11 is 13.8. The van der Waals surface area contributed by atoms with Crippen molar-refractivity contribution >= 4 is 55.8 Å². The summed E-state index contributed by atoms with van der Waals surface area (Å²) in [5.74, 6) is 1.13. The Hall–Kier alpha value is -2.06. The number of carbonyl (C=O) groups excluding carboxylic acids is 1. The highest BCUT2D eigenvalue weighted by Crippen LogP contribution is 2.40. The SMILES string of the molecule is CN(C)CCCN(C(=O)c1cc(Cl)ccc1Cl)c1nc2cc3c(cc2s1)OCO3. The second-order valence-corrected chi connectivity index (χ2v) is 8.76. The summed E-state index contributed by atoms with van der Waals surface area (Å²) in [5.41, 5.74) is 1.12. The normalized spacial score (nSPS) is 12.7. The van der Waals surface area contributed by atoms with Gasteiger partial charge in [0.25, 0.3) is 5.91 Å². The number of benzene rings is 2. The molecule has 1 aromatic heterocycles. The number of thiazole rings is 1. The number of amides is 1. The van der Waals surface area contributed by atoms with E-state index in [9.17, 15) is 4.79 Å². The lowest BCUT2D eigenvalue weighted by atomic mass is 10.2. The summed E-state index contributed by atoms with van der Waals surface area (Å²) in [6.07, 6.45) is 0.787. The van der Waals surface area contributed by atoms with Gasteiger partial charge in [0.1, 0.15) is 0 Å². The van der Waals surface area contributed by atoms with Crippen molar-refractivity contribution in [3.05, 3.63) is 45.9 Å². The van der Waals surface area contributed by atoms with E-state index in [-0.39, 0.29) is 12.7 Å². The minimum absolute atomic E-state index is 0.210. The summed E-state index contributed by atoms with van der Waals surface area (Å²) in [6, 6.07) is 8.62. The molecule has 29 heavy (non-hydrogen) atoms. The number of nitrogens with zero attached hydrogens (tertiary/aromatic N) is 3. The van der Waals surface area contributed by atoms with Crippen molar-refractivity contribution in [3.8, 4) is 11.5 Å². The number of hydrogen-bond donors (Lipinski definition) is 0. The van der Waals surface area contributed by atoms with E-state index in [0.29, 0.717) is 38.8 Å². The standard InChI is InChI=1S/C20H19Cl2N3O3S/c1-24(2)6-3-7-25(19(26)13-8-12(21)4-5-14(13)22)20-23-15-9-16-17(28-11-27-16)10-18(15)29-20/h4-5,8-10H,3,6-7,11H2,1-2H3. The molecule has 9 heteroatoms. The van der Waals surface area contributed by atoms with Crippen LogP contribution in [0.2, 0.25) is 10.0 Å². The first-order valence-electron chi connectivity index (χ1n) is 9.04. The van der Waals surface area contributed by atoms with Crippen molar-refractivity contribution in [2.24, 2.45) is 0 Å². The topological polar surface area (TPSA) is 54.9 Å². The molecular weight excluding hydrogens is 433 g/mol. The van der Waals surface area contributed by atoms with E-state index in [1.54, 1.807) is 23.1 Å². The van der Waals surface area contributed by atoms with Crippen LogP contribution in [0.3, 0.4) is 0 Å². The zero-order valence-electron chi connectivity index (χ0n) is 15.9. The lowest BCUT2D eigenvalue weighted by molar-refractivity contribution is 0.0986. The molecule has 1 aliphatic heterocycles. The molecule has 0 spiro atoms. The summed E-state index contributed by atoms with van der Waals surface area (Å²) in [4.78, 5) is 21.8. The Morgan fingerprint density at radius 1 is 1.14 bits per heavy atom. The number of halogens is 2. The average molecular weight is 452 g/mol. The largest absolute Gasteiger partial charge is 0.454 e. The highest BCUT2D eigenvalue weighted by Gasteiger charge is 2.24. The first-order chi connectivity index (χ1) is 13.9. The molecule has 0 unspecified atom stereocenters. The smallest absolute Gasteiger partial charge is 0.261 e. The van der Waals surface area contributed by atoms with Crippen LogP contribution in [0.25, 0.3) is 10.2 Å². The fourth-order valence-corrected chi connectivity index (χ4v) is 4.43. The molecule has 2 heterocycles. The highest BCUT2D eigenvalue weighted by atomic mass is 35.5. The van der Waals surface area contributed by atoms with Gasteiger partial charge in [-0.2, -0.15) is 0 Å². The van der Waals surface area contributed by atoms with Crippen LogP contribution in [0.5, 0.6) is 11.5 Å². The van der Waals surface area contributed by atoms with Crippen LogP contribution in [-0.4, -0.2) is 49.8 Å². The summed E-state index contributed by atoms with van der Waals surface area (Å²) in [5, 5.41) is 1.42. The van der Waals surface area contributed by atoms with Crippen molar-refractivity contribution < 1.29 is 14.3 Å². The predicted octanol–water partition coefficient (Wildman–Crippen LogP) is 4.93. The van der Waals surface area contributed by atoms with E-state index < -0.39 is 0 Å². The van der Waals surface area contributed by atoms with E-state index in [4.69, 9.17) is 32.7 Å². The molecule has 0 saturated heterocycles. The van der Waals surface area contributed by atoms with E-state index in [1.165, 1.54) is 11.3 Å². The molecule has 0 fully saturated rings. The van der Waals surface area contributed by atoms with Crippen molar-refractivity contribution in [1.29, 1.82) is 0 Å². The number of fused-ring (bicyclic) bond motifs is 2. The maximum atomic E-state index is 13.4. The molecule has 6 nitrogen and oxygen atoms in total. The number of ether oxygens (including phenoxy) is 2. The van der Waals surface area contributed by atoms with Crippen molar-refractivity contribution in [2.75, 3.05) is 38.9 Å². The Bertz CT molecular complexity index is 1030. The lowest BCUT2D eigenvalue weighted by Gasteiger charge is -2.21. The molecule has 2 aromatic carbocycles. The van der Waals surface area contributed by atoms with Gasteiger partial charge in [0.05, 0.1) is 20.8 Å². The monoisotopic (exact) mass is 451 g/mol. The zero-order valence-corrected chi connectivity index (χ0v) is 18.3. The van der Waals surface area contributed by atoms with Crippen LogP contribution >= 0.6 is 34.5 Å². The average Bonchev–Trinajstić information content (AvgIpc) is 3.30. The minimum Gasteiger partial charge on any atom is -0.454 e. The van der Waals surface area contributed by atoms with Crippen LogP contribution in [0.4, 0.5) is 5.13 Å². The molecule has 0 radical (unpaired) electrons. The van der Waals surface area contributed by atoms with Gasteiger partial charge in [-0.25, -0.2) is 4.98 Å². The molecule has 3 aromatic rings. The fraction of sp³-hybridized carbons (Fsp3) is 0.300. The van der Waals surface area contributed by atoms with Gasteiger partial charge in [0, 0.05) is 23.7 Å². The van der Waals surface area contributed by atoms with Gasteiger partial charge in [-0.05, 0) is 45.3 Å².